The van der Waals surface area contributed by atoms with Gasteiger partial charge in [0.05, 0.1) is 43.8 Å². The van der Waals surface area contributed by atoms with Crippen LogP contribution < -0.4 is 19.9 Å². The van der Waals surface area contributed by atoms with E-state index in [4.69, 9.17) is 31.5 Å². The number of benzene rings is 2. The Kier molecular flexibility index (Phi) is 5.23. The number of hydrogen-bond donors (Lipinski definition) is 1. The average Bonchev–Trinajstić information content (AvgIpc) is 3.07. The lowest BCUT2D eigenvalue weighted by Crippen LogP contribution is -2.08. The second-order valence-electron chi connectivity index (χ2n) is 5.55. The van der Waals surface area contributed by atoms with Gasteiger partial charge in [0.1, 0.15) is 5.82 Å². The molecule has 0 fully saturated rings. The number of carbonyl (C=O) groups excluding carboxylic acids is 1. The Morgan fingerprint density at radius 3 is 2.26 bits per heavy atom. The number of nitrogen functional groups attached to an aromatic ring is 1. The first-order valence-electron chi connectivity index (χ1n) is 7.95. The smallest absolute Gasteiger partial charge is 0.203 e. The minimum atomic E-state index is -0.329. The van der Waals surface area contributed by atoms with Gasteiger partial charge in [0, 0.05) is 5.56 Å². The van der Waals surface area contributed by atoms with Gasteiger partial charge in [-0.15, -0.1) is 0 Å². The van der Waals surface area contributed by atoms with Gasteiger partial charge in [0.25, 0.3) is 0 Å². The minimum Gasteiger partial charge on any atom is -0.493 e. The molecule has 0 bridgehead atoms. The third-order valence-electron chi connectivity index (χ3n) is 4.06. The van der Waals surface area contributed by atoms with Gasteiger partial charge < -0.3 is 19.9 Å². The standard InChI is InChI=1S/C19H18ClN3O4/c1-25-15-8-11(9-16(26-2)18(15)27-3)17(24)12-10-22-23(19(12)21)14-7-5-4-6-13(14)20/h4-10H,21H2,1-3H3. The summed E-state index contributed by atoms with van der Waals surface area (Å²) in [5, 5.41) is 4.68. The van der Waals surface area contributed by atoms with Crippen molar-refractivity contribution in [1.82, 2.24) is 9.78 Å². The Hall–Kier alpha value is -3.19. The molecular weight excluding hydrogens is 370 g/mol. The predicted octanol–water partition coefficient (Wildman–Crippen LogP) is 3.36. The molecule has 0 aliphatic rings. The Labute approximate surface area is 161 Å². The van der Waals surface area contributed by atoms with Crippen molar-refractivity contribution < 1.29 is 19.0 Å². The van der Waals surface area contributed by atoms with Crippen LogP contribution in [0.3, 0.4) is 0 Å². The third kappa shape index (κ3) is 3.29. The van der Waals surface area contributed by atoms with Crippen molar-refractivity contribution in [3.63, 3.8) is 0 Å². The van der Waals surface area contributed by atoms with Crippen LogP contribution in [-0.4, -0.2) is 36.9 Å². The second kappa shape index (κ2) is 7.59. The number of ether oxygens (including phenoxy) is 3. The SMILES string of the molecule is COc1cc(C(=O)c2cnn(-c3ccccc3Cl)c2N)cc(OC)c1OC. The zero-order valence-electron chi connectivity index (χ0n) is 15.0. The molecular formula is C19H18ClN3O4. The molecule has 0 saturated carbocycles. The molecule has 0 spiro atoms. The number of rotatable bonds is 6. The van der Waals surface area contributed by atoms with Crippen LogP contribution in [0.4, 0.5) is 5.82 Å². The lowest BCUT2D eigenvalue weighted by atomic mass is 10.0. The topological polar surface area (TPSA) is 88.6 Å². The molecule has 3 aromatic rings. The van der Waals surface area contributed by atoms with E-state index < -0.39 is 0 Å². The van der Waals surface area contributed by atoms with Crippen molar-refractivity contribution in [3.05, 3.63) is 58.7 Å². The maximum absolute atomic E-state index is 13.0. The van der Waals surface area contributed by atoms with E-state index in [1.54, 1.807) is 30.3 Å². The van der Waals surface area contributed by atoms with Gasteiger partial charge in [0.15, 0.2) is 17.3 Å². The van der Waals surface area contributed by atoms with Gasteiger partial charge in [-0.3, -0.25) is 4.79 Å². The van der Waals surface area contributed by atoms with Crippen molar-refractivity contribution in [2.75, 3.05) is 27.1 Å². The summed E-state index contributed by atoms with van der Waals surface area (Å²) in [6, 6.07) is 10.2. The van der Waals surface area contributed by atoms with Crippen LogP contribution in [0.25, 0.3) is 5.69 Å². The van der Waals surface area contributed by atoms with Crippen molar-refractivity contribution in [2.24, 2.45) is 0 Å². The highest BCUT2D eigenvalue weighted by atomic mass is 35.5. The Morgan fingerprint density at radius 1 is 1.07 bits per heavy atom. The van der Waals surface area contributed by atoms with Crippen LogP contribution >= 0.6 is 11.6 Å². The fourth-order valence-electron chi connectivity index (χ4n) is 2.72. The number of nitrogens with zero attached hydrogens (tertiary/aromatic N) is 2. The number of hydrogen-bond acceptors (Lipinski definition) is 6. The van der Waals surface area contributed by atoms with Crippen LogP contribution in [0.5, 0.6) is 17.2 Å². The molecule has 7 nitrogen and oxygen atoms in total. The first-order chi connectivity index (χ1) is 13.0. The number of aromatic nitrogens is 2. The van der Waals surface area contributed by atoms with Crippen LogP contribution in [0.2, 0.25) is 5.02 Å². The minimum absolute atomic E-state index is 0.182. The average molecular weight is 388 g/mol. The van der Waals surface area contributed by atoms with E-state index in [-0.39, 0.29) is 17.2 Å². The molecule has 1 heterocycles. The molecule has 0 atom stereocenters. The molecule has 0 radical (unpaired) electrons. The van der Waals surface area contributed by atoms with Gasteiger partial charge >= 0.3 is 0 Å². The Bertz CT molecular complexity index is 975. The zero-order valence-corrected chi connectivity index (χ0v) is 15.8. The molecule has 0 unspecified atom stereocenters. The van der Waals surface area contributed by atoms with E-state index in [1.807, 2.05) is 6.07 Å². The molecule has 140 valence electrons. The monoisotopic (exact) mass is 387 g/mol. The molecule has 27 heavy (non-hydrogen) atoms. The predicted molar refractivity (Wildman–Crippen MR) is 103 cm³/mol. The molecule has 0 saturated heterocycles. The summed E-state index contributed by atoms with van der Waals surface area (Å²) in [5.74, 6) is 0.998. The number of ketones is 1. The van der Waals surface area contributed by atoms with Crippen molar-refractivity contribution >= 4 is 23.2 Å². The summed E-state index contributed by atoms with van der Waals surface area (Å²) in [7, 11) is 4.46. The summed E-state index contributed by atoms with van der Waals surface area (Å²) >= 11 is 6.20. The number of methoxy groups -OCH3 is 3. The van der Waals surface area contributed by atoms with Gasteiger partial charge in [0.2, 0.25) is 5.75 Å². The normalized spacial score (nSPS) is 10.5. The van der Waals surface area contributed by atoms with E-state index in [9.17, 15) is 4.79 Å². The first-order valence-corrected chi connectivity index (χ1v) is 8.32. The second-order valence-corrected chi connectivity index (χ2v) is 5.96. The Morgan fingerprint density at radius 2 is 1.70 bits per heavy atom. The first kappa shape index (κ1) is 18.6. The number of anilines is 1. The largest absolute Gasteiger partial charge is 0.493 e. The van der Waals surface area contributed by atoms with E-state index >= 15 is 0 Å². The molecule has 0 aliphatic carbocycles. The lowest BCUT2D eigenvalue weighted by Gasteiger charge is -2.13. The van der Waals surface area contributed by atoms with Gasteiger partial charge in [-0.05, 0) is 24.3 Å². The fourth-order valence-corrected chi connectivity index (χ4v) is 2.93. The van der Waals surface area contributed by atoms with E-state index in [0.29, 0.717) is 33.5 Å². The highest BCUT2D eigenvalue weighted by Crippen LogP contribution is 2.39. The summed E-state index contributed by atoms with van der Waals surface area (Å²) < 4.78 is 17.3. The van der Waals surface area contributed by atoms with Crippen LogP contribution in [0.15, 0.2) is 42.6 Å². The third-order valence-corrected chi connectivity index (χ3v) is 4.38. The number of halogens is 1. The molecule has 1 aromatic heterocycles. The maximum Gasteiger partial charge on any atom is 0.203 e. The molecule has 0 amide bonds. The highest BCUT2D eigenvalue weighted by Gasteiger charge is 2.22. The van der Waals surface area contributed by atoms with Crippen molar-refractivity contribution in [3.8, 4) is 22.9 Å². The van der Waals surface area contributed by atoms with Crippen LogP contribution in [0, 0.1) is 0 Å². The van der Waals surface area contributed by atoms with Crippen molar-refractivity contribution in [2.45, 2.75) is 0 Å². The summed E-state index contributed by atoms with van der Waals surface area (Å²) in [6.07, 6.45) is 1.41. The number of para-hydroxylation sites is 1. The Balaban J connectivity index is 2.06. The molecule has 2 aromatic carbocycles. The highest BCUT2D eigenvalue weighted by molar-refractivity contribution is 6.32. The van der Waals surface area contributed by atoms with Crippen LogP contribution in [0.1, 0.15) is 15.9 Å². The molecule has 2 N–H and O–H groups in total. The van der Waals surface area contributed by atoms with E-state index in [2.05, 4.69) is 5.10 Å². The molecule has 0 aliphatic heterocycles. The summed E-state index contributed by atoms with van der Waals surface area (Å²) in [6.45, 7) is 0. The van der Waals surface area contributed by atoms with Crippen LogP contribution in [-0.2, 0) is 0 Å². The lowest BCUT2D eigenvalue weighted by molar-refractivity contribution is 0.103. The van der Waals surface area contributed by atoms with E-state index in [1.165, 1.54) is 32.2 Å². The maximum atomic E-state index is 13.0. The zero-order chi connectivity index (χ0) is 19.6. The fraction of sp³-hybridized carbons (Fsp3) is 0.158. The number of carbonyl (C=O) groups is 1. The van der Waals surface area contributed by atoms with Gasteiger partial charge in [-0.25, -0.2) is 4.68 Å². The quantitative estimate of drug-likeness (QED) is 0.652. The number of nitrogens with two attached hydrogens (primary N) is 1. The van der Waals surface area contributed by atoms with Gasteiger partial charge in [-0.2, -0.15) is 5.10 Å². The summed E-state index contributed by atoms with van der Waals surface area (Å²) in [4.78, 5) is 13.0. The molecule has 3 rings (SSSR count). The van der Waals surface area contributed by atoms with Crippen molar-refractivity contribution in [1.29, 1.82) is 0 Å². The van der Waals surface area contributed by atoms with Gasteiger partial charge in [-0.1, -0.05) is 23.7 Å². The molecule has 8 heteroatoms. The summed E-state index contributed by atoms with van der Waals surface area (Å²) in [5.41, 5.74) is 7.33. The van der Waals surface area contributed by atoms with E-state index in [0.717, 1.165) is 0 Å².